The van der Waals surface area contributed by atoms with Crippen molar-refractivity contribution in [2.24, 2.45) is 0 Å². The molecule has 0 spiro atoms. The van der Waals surface area contributed by atoms with E-state index in [9.17, 15) is 14.4 Å². The van der Waals surface area contributed by atoms with Crippen LogP contribution in [0.2, 0.25) is 0 Å². The summed E-state index contributed by atoms with van der Waals surface area (Å²) in [5.74, 6) is 0.634. The Morgan fingerprint density at radius 2 is 1.72 bits per heavy atom. The SMILES string of the molecule is C/C(=C(\CCOC(=O)c1ccccc1)SC(=O)c1ccccc1)N1Cc2cnc(C)nc2NCC1=O. The van der Waals surface area contributed by atoms with Crippen molar-refractivity contribution in [1.29, 1.82) is 0 Å². The Morgan fingerprint density at radius 1 is 1.06 bits per heavy atom. The van der Waals surface area contributed by atoms with Crippen molar-refractivity contribution < 1.29 is 19.1 Å². The van der Waals surface area contributed by atoms with Crippen molar-refractivity contribution in [2.75, 3.05) is 18.5 Å². The average Bonchev–Trinajstić information content (AvgIpc) is 3.07. The summed E-state index contributed by atoms with van der Waals surface area (Å²) in [5, 5.41) is 2.92. The number of aryl methyl sites for hydroxylation is 1. The number of rotatable bonds is 7. The number of hydrogen-bond donors (Lipinski definition) is 1. The number of carbonyl (C=O) groups is 3. The third-order valence-electron chi connectivity index (χ3n) is 5.63. The fourth-order valence-electron chi connectivity index (χ4n) is 3.68. The van der Waals surface area contributed by atoms with Crippen molar-refractivity contribution >= 4 is 34.6 Å². The summed E-state index contributed by atoms with van der Waals surface area (Å²) in [7, 11) is 0. The molecule has 3 aromatic rings. The maximum atomic E-state index is 13.0. The van der Waals surface area contributed by atoms with Crippen LogP contribution in [0.15, 0.2) is 77.5 Å². The van der Waals surface area contributed by atoms with Crippen molar-refractivity contribution in [3.63, 3.8) is 0 Å². The van der Waals surface area contributed by atoms with Crippen molar-refractivity contribution in [2.45, 2.75) is 26.8 Å². The number of carbonyl (C=O) groups excluding carboxylic acids is 3. The van der Waals surface area contributed by atoms with Gasteiger partial charge in [0.25, 0.3) is 0 Å². The lowest BCUT2D eigenvalue weighted by molar-refractivity contribution is -0.127. The van der Waals surface area contributed by atoms with Crippen molar-refractivity contribution in [1.82, 2.24) is 14.9 Å². The van der Waals surface area contributed by atoms with Crippen LogP contribution in [0, 0.1) is 6.92 Å². The Labute approximate surface area is 213 Å². The monoisotopic (exact) mass is 502 g/mol. The second-order valence-corrected chi connectivity index (χ2v) is 9.21. The van der Waals surface area contributed by atoms with Gasteiger partial charge in [-0.1, -0.05) is 48.5 Å². The van der Waals surface area contributed by atoms with Gasteiger partial charge in [0.15, 0.2) is 0 Å². The number of hydrogen-bond acceptors (Lipinski definition) is 8. The van der Waals surface area contributed by atoms with E-state index in [2.05, 4.69) is 15.3 Å². The fourth-order valence-corrected chi connectivity index (χ4v) is 4.60. The van der Waals surface area contributed by atoms with E-state index in [4.69, 9.17) is 4.74 Å². The van der Waals surface area contributed by atoms with Gasteiger partial charge in [-0.25, -0.2) is 14.8 Å². The van der Waals surface area contributed by atoms with Gasteiger partial charge >= 0.3 is 5.97 Å². The van der Waals surface area contributed by atoms with E-state index >= 15 is 0 Å². The summed E-state index contributed by atoms with van der Waals surface area (Å²) in [6, 6.07) is 17.7. The van der Waals surface area contributed by atoms with Gasteiger partial charge in [0.2, 0.25) is 11.0 Å². The highest BCUT2D eigenvalue weighted by Crippen LogP contribution is 2.31. The molecule has 0 saturated carbocycles. The fraction of sp³-hybridized carbons (Fsp3) is 0.222. The number of ether oxygens (including phenoxy) is 1. The number of allylic oxidation sites excluding steroid dienone is 1. The molecule has 0 saturated heterocycles. The number of nitrogens with zero attached hydrogens (tertiary/aromatic N) is 3. The predicted octanol–water partition coefficient (Wildman–Crippen LogP) is 4.59. The van der Waals surface area contributed by atoms with Crippen LogP contribution in [0.4, 0.5) is 5.82 Å². The highest BCUT2D eigenvalue weighted by atomic mass is 32.2. The maximum absolute atomic E-state index is 13.0. The van der Waals surface area contributed by atoms with Crippen LogP contribution in [-0.2, 0) is 16.1 Å². The zero-order valence-electron chi connectivity index (χ0n) is 20.1. The Balaban J connectivity index is 1.58. The number of amides is 1. The molecule has 0 atom stereocenters. The Hall–Kier alpha value is -3.98. The highest BCUT2D eigenvalue weighted by molar-refractivity contribution is 8.17. The molecular weight excluding hydrogens is 476 g/mol. The maximum Gasteiger partial charge on any atom is 0.338 e. The van der Waals surface area contributed by atoms with E-state index in [1.807, 2.05) is 12.1 Å². The van der Waals surface area contributed by atoms with Crippen molar-refractivity contribution in [3.05, 3.63) is 100.0 Å². The first-order valence-electron chi connectivity index (χ1n) is 11.5. The van der Waals surface area contributed by atoms with Gasteiger partial charge in [-0.15, -0.1) is 0 Å². The second-order valence-electron chi connectivity index (χ2n) is 8.14. The zero-order chi connectivity index (χ0) is 25.5. The molecule has 0 fully saturated rings. The lowest BCUT2D eigenvalue weighted by Gasteiger charge is -2.24. The molecule has 1 aliphatic rings. The largest absolute Gasteiger partial charge is 0.462 e. The summed E-state index contributed by atoms with van der Waals surface area (Å²) in [6.45, 7) is 3.99. The van der Waals surface area contributed by atoms with Crippen LogP contribution in [0.3, 0.4) is 0 Å². The van der Waals surface area contributed by atoms with Crippen LogP contribution < -0.4 is 5.32 Å². The summed E-state index contributed by atoms with van der Waals surface area (Å²) in [4.78, 5) is 49.4. The lowest BCUT2D eigenvalue weighted by atomic mass is 10.2. The molecule has 1 aromatic heterocycles. The molecule has 1 aliphatic heterocycles. The topological polar surface area (TPSA) is 101 Å². The second kappa shape index (κ2) is 11.6. The standard InChI is InChI=1S/C27H26N4O4S/c1-18(31-17-22-15-28-19(2)30-25(22)29-16-24(31)32)23(36-27(34)21-11-7-4-8-12-21)13-14-35-26(33)20-9-5-3-6-10-20/h3-12,15H,13-14,16-17H2,1-2H3,(H,28,29,30)/b23-18-. The van der Waals surface area contributed by atoms with Gasteiger partial charge < -0.3 is 15.0 Å². The molecule has 9 heteroatoms. The Morgan fingerprint density at radius 3 is 2.42 bits per heavy atom. The first kappa shape index (κ1) is 25.1. The minimum atomic E-state index is -0.441. The molecule has 1 amide bonds. The Bertz CT molecular complexity index is 1300. The summed E-state index contributed by atoms with van der Waals surface area (Å²) < 4.78 is 5.47. The zero-order valence-corrected chi connectivity index (χ0v) is 20.9. The third kappa shape index (κ3) is 6.17. The molecule has 0 bridgehead atoms. The number of benzene rings is 2. The number of nitrogens with one attached hydrogen (secondary N) is 1. The van der Waals surface area contributed by atoms with E-state index in [0.29, 0.717) is 33.4 Å². The first-order chi connectivity index (χ1) is 17.4. The number of esters is 1. The summed E-state index contributed by atoms with van der Waals surface area (Å²) in [5.41, 5.74) is 2.40. The molecule has 0 aliphatic carbocycles. The van der Waals surface area contributed by atoms with Crippen LogP contribution in [-0.4, -0.2) is 45.0 Å². The smallest absolute Gasteiger partial charge is 0.338 e. The first-order valence-corrected chi connectivity index (χ1v) is 12.3. The highest BCUT2D eigenvalue weighted by Gasteiger charge is 2.25. The molecule has 0 unspecified atom stereocenters. The number of anilines is 1. The van der Waals surface area contributed by atoms with E-state index in [0.717, 1.165) is 17.3 Å². The third-order valence-corrected chi connectivity index (χ3v) is 6.79. The number of fused-ring (bicyclic) bond motifs is 1. The summed E-state index contributed by atoms with van der Waals surface area (Å²) in [6.07, 6.45) is 1.98. The molecule has 36 heavy (non-hydrogen) atoms. The number of thioether (sulfide) groups is 1. The van der Waals surface area contributed by atoms with Crippen LogP contribution in [0.25, 0.3) is 0 Å². The Kier molecular flexibility index (Phi) is 8.12. The number of aromatic nitrogens is 2. The molecule has 2 heterocycles. The minimum Gasteiger partial charge on any atom is -0.462 e. The van der Waals surface area contributed by atoms with Crippen LogP contribution >= 0.6 is 11.8 Å². The van der Waals surface area contributed by atoms with Gasteiger partial charge in [-0.2, -0.15) is 0 Å². The molecule has 1 N–H and O–H groups in total. The predicted molar refractivity (Wildman–Crippen MR) is 138 cm³/mol. The van der Waals surface area contributed by atoms with Gasteiger partial charge in [-0.3, -0.25) is 9.59 Å². The molecular formula is C27H26N4O4S. The van der Waals surface area contributed by atoms with Crippen LogP contribution in [0.5, 0.6) is 0 Å². The molecule has 8 nitrogen and oxygen atoms in total. The van der Waals surface area contributed by atoms with Gasteiger partial charge in [0, 0.05) is 34.3 Å². The molecule has 184 valence electrons. The molecule has 0 radical (unpaired) electrons. The quantitative estimate of drug-likeness (QED) is 0.468. The minimum absolute atomic E-state index is 0.0639. The summed E-state index contributed by atoms with van der Waals surface area (Å²) >= 11 is 1.04. The van der Waals surface area contributed by atoms with Crippen LogP contribution in [0.1, 0.15) is 45.4 Å². The molecule has 2 aromatic carbocycles. The van der Waals surface area contributed by atoms with Crippen molar-refractivity contribution in [3.8, 4) is 0 Å². The van der Waals surface area contributed by atoms with Gasteiger partial charge in [0.1, 0.15) is 11.6 Å². The van der Waals surface area contributed by atoms with Gasteiger partial charge in [-0.05, 0) is 37.7 Å². The van der Waals surface area contributed by atoms with E-state index in [1.165, 1.54) is 0 Å². The van der Waals surface area contributed by atoms with Gasteiger partial charge in [0.05, 0.1) is 25.3 Å². The normalized spacial score (nSPS) is 13.7. The van der Waals surface area contributed by atoms with E-state index in [-0.39, 0.29) is 37.1 Å². The molecule has 4 rings (SSSR count). The van der Waals surface area contributed by atoms with E-state index in [1.54, 1.807) is 73.5 Å². The lowest BCUT2D eigenvalue weighted by Crippen LogP contribution is -2.32. The average molecular weight is 503 g/mol. The van der Waals surface area contributed by atoms with E-state index < -0.39 is 5.97 Å².